The molecule has 13 nitrogen and oxygen atoms in total. The van der Waals surface area contributed by atoms with Crippen LogP contribution in [0.2, 0.25) is 5.02 Å². The molecule has 202 valence electrons. The zero-order valence-corrected chi connectivity index (χ0v) is 21.3. The highest BCUT2D eigenvalue weighted by molar-refractivity contribution is 6.33. The van der Waals surface area contributed by atoms with Gasteiger partial charge in [-0.15, -0.1) is 0 Å². The number of nitrogen functional groups attached to an aromatic ring is 1. The third kappa shape index (κ3) is 10.6. The van der Waals surface area contributed by atoms with E-state index in [0.29, 0.717) is 41.1 Å². The minimum absolute atomic E-state index is 0.324. The van der Waals surface area contributed by atoms with E-state index in [1.807, 2.05) is 12.1 Å². The zero-order chi connectivity index (χ0) is 28.3. The SMILES string of the molecule is CC(C)n1c(N2CCN(C)CC2)nc2cc(Cl)c(N)cc21.O=C(O)C=CC(=O)O.O=C(O)C=CC(=O)O. The Bertz CT molecular complexity index is 1120. The van der Waals surface area contributed by atoms with Gasteiger partial charge in [0.25, 0.3) is 0 Å². The van der Waals surface area contributed by atoms with Crippen LogP contribution in [0.1, 0.15) is 19.9 Å². The Hall–Kier alpha value is -4.10. The Kier molecular flexibility index (Phi) is 12.1. The van der Waals surface area contributed by atoms with E-state index in [9.17, 15) is 19.2 Å². The van der Waals surface area contributed by atoms with E-state index < -0.39 is 23.9 Å². The van der Waals surface area contributed by atoms with Gasteiger partial charge in [-0.05, 0) is 33.0 Å². The van der Waals surface area contributed by atoms with Crippen molar-refractivity contribution in [3.63, 3.8) is 0 Å². The minimum Gasteiger partial charge on any atom is -0.478 e. The number of hydrogen-bond donors (Lipinski definition) is 5. The number of carboxylic acid groups (broad SMARTS) is 4. The van der Waals surface area contributed by atoms with Crippen LogP contribution in [0.25, 0.3) is 11.0 Å². The van der Waals surface area contributed by atoms with Crippen molar-refractivity contribution in [1.29, 1.82) is 0 Å². The van der Waals surface area contributed by atoms with Gasteiger partial charge in [0, 0.05) is 56.5 Å². The number of aliphatic carboxylic acids is 4. The fourth-order valence-electron chi connectivity index (χ4n) is 3.14. The van der Waals surface area contributed by atoms with Crippen molar-refractivity contribution < 1.29 is 39.6 Å². The first-order valence-corrected chi connectivity index (χ1v) is 11.3. The van der Waals surface area contributed by atoms with Gasteiger partial charge in [-0.3, -0.25) is 0 Å². The van der Waals surface area contributed by atoms with Crippen molar-refractivity contribution in [3.05, 3.63) is 41.5 Å². The van der Waals surface area contributed by atoms with Crippen molar-refractivity contribution in [3.8, 4) is 0 Å². The summed E-state index contributed by atoms with van der Waals surface area (Å²) < 4.78 is 2.26. The van der Waals surface area contributed by atoms with E-state index >= 15 is 0 Å². The number of halogens is 1. The largest absolute Gasteiger partial charge is 0.478 e. The average molecular weight is 540 g/mol. The Morgan fingerprint density at radius 3 is 1.70 bits per heavy atom. The number of anilines is 2. The molecule has 1 aromatic carbocycles. The summed E-state index contributed by atoms with van der Waals surface area (Å²) in [5.74, 6) is -4.01. The fourth-order valence-corrected chi connectivity index (χ4v) is 3.30. The number of hydrogen-bond acceptors (Lipinski definition) is 8. The highest BCUT2D eigenvalue weighted by atomic mass is 35.5. The molecule has 1 aliphatic heterocycles. The van der Waals surface area contributed by atoms with E-state index in [0.717, 1.165) is 43.2 Å². The second-order valence-corrected chi connectivity index (χ2v) is 8.46. The van der Waals surface area contributed by atoms with Crippen LogP contribution in [-0.4, -0.2) is 92.0 Å². The fraction of sp³-hybridized carbons (Fsp3) is 0.348. The molecule has 37 heavy (non-hydrogen) atoms. The van der Waals surface area contributed by atoms with Crippen LogP contribution in [0.15, 0.2) is 36.4 Å². The quantitative estimate of drug-likeness (QED) is 0.264. The number of likely N-dealkylation sites (N-methyl/N-ethyl adjacent to an activating group) is 1. The maximum absolute atomic E-state index is 9.55. The lowest BCUT2D eigenvalue weighted by Gasteiger charge is -2.34. The summed E-state index contributed by atoms with van der Waals surface area (Å²) in [5, 5.41) is 31.8. The third-order valence-electron chi connectivity index (χ3n) is 4.83. The molecule has 14 heteroatoms. The summed E-state index contributed by atoms with van der Waals surface area (Å²) in [6.45, 7) is 8.46. The summed E-state index contributed by atoms with van der Waals surface area (Å²) >= 11 is 6.14. The van der Waals surface area contributed by atoms with Gasteiger partial charge < -0.3 is 40.5 Å². The second kappa shape index (κ2) is 14.5. The lowest BCUT2D eigenvalue weighted by molar-refractivity contribution is -0.134. The molecule has 0 atom stereocenters. The maximum atomic E-state index is 9.55. The van der Waals surface area contributed by atoms with Crippen LogP contribution in [0.3, 0.4) is 0 Å². The number of rotatable bonds is 6. The Balaban J connectivity index is 0.000000355. The van der Waals surface area contributed by atoms with E-state index in [4.69, 9.17) is 42.7 Å². The molecule has 0 amide bonds. The number of fused-ring (bicyclic) bond motifs is 1. The van der Waals surface area contributed by atoms with Gasteiger partial charge in [-0.2, -0.15) is 0 Å². The standard InChI is InChI=1S/C15H22ClN5.2C4H4O4/c1-10(2)21-14-9-12(17)11(16)8-13(14)18-15(21)20-6-4-19(3)5-7-20;2*5-3(6)1-2-4(7)8/h8-10H,4-7,17H2,1-3H3;2*1-2H,(H,5,6)(H,7,8). The topological polar surface area (TPSA) is 200 Å². The number of aromatic nitrogens is 2. The summed E-state index contributed by atoms with van der Waals surface area (Å²) in [6, 6.07) is 4.12. The Morgan fingerprint density at radius 1 is 0.892 bits per heavy atom. The van der Waals surface area contributed by atoms with Crippen LogP contribution < -0.4 is 10.6 Å². The van der Waals surface area contributed by atoms with Gasteiger partial charge >= 0.3 is 23.9 Å². The molecule has 1 saturated heterocycles. The molecule has 6 N–H and O–H groups in total. The second-order valence-electron chi connectivity index (χ2n) is 8.05. The number of carboxylic acids is 4. The summed E-state index contributed by atoms with van der Waals surface area (Å²) in [6.07, 6.45) is 2.23. The van der Waals surface area contributed by atoms with Crippen molar-refractivity contribution in [1.82, 2.24) is 14.5 Å². The molecule has 0 bridgehead atoms. The minimum atomic E-state index is -1.26. The zero-order valence-electron chi connectivity index (χ0n) is 20.5. The molecule has 1 aromatic heterocycles. The first-order valence-electron chi connectivity index (χ1n) is 10.9. The number of imidazole rings is 1. The smallest absolute Gasteiger partial charge is 0.328 e. The molecule has 1 aliphatic rings. The van der Waals surface area contributed by atoms with E-state index in [1.165, 1.54) is 0 Å². The predicted octanol–water partition coefficient (Wildman–Crippen LogP) is 2.03. The molecular weight excluding hydrogens is 510 g/mol. The predicted molar refractivity (Wildman–Crippen MR) is 138 cm³/mol. The summed E-state index contributed by atoms with van der Waals surface area (Å²) in [4.78, 5) is 47.7. The molecule has 0 saturated carbocycles. The van der Waals surface area contributed by atoms with Gasteiger partial charge in [0.05, 0.1) is 21.7 Å². The van der Waals surface area contributed by atoms with Gasteiger partial charge in [-0.1, -0.05) is 11.6 Å². The molecule has 1 fully saturated rings. The molecule has 2 heterocycles. The number of carbonyl (C=O) groups is 4. The Labute approximate surface area is 217 Å². The van der Waals surface area contributed by atoms with E-state index in [-0.39, 0.29) is 0 Å². The van der Waals surface area contributed by atoms with Gasteiger partial charge in [0.1, 0.15) is 0 Å². The molecular formula is C23H30ClN5O8. The molecule has 0 spiro atoms. The number of benzene rings is 1. The van der Waals surface area contributed by atoms with Gasteiger partial charge in [0.15, 0.2) is 0 Å². The first-order chi connectivity index (χ1) is 17.2. The van der Waals surface area contributed by atoms with Crippen molar-refractivity contribution in [2.45, 2.75) is 19.9 Å². The van der Waals surface area contributed by atoms with Gasteiger partial charge in [-0.25, -0.2) is 24.2 Å². The molecule has 0 unspecified atom stereocenters. The lowest BCUT2D eigenvalue weighted by atomic mass is 10.2. The van der Waals surface area contributed by atoms with Crippen LogP contribution >= 0.6 is 11.6 Å². The van der Waals surface area contributed by atoms with Crippen LogP contribution in [0.5, 0.6) is 0 Å². The summed E-state index contributed by atoms with van der Waals surface area (Å²) in [7, 11) is 2.16. The Morgan fingerprint density at radius 2 is 1.32 bits per heavy atom. The van der Waals surface area contributed by atoms with Crippen LogP contribution in [0.4, 0.5) is 11.6 Å². The molecule has 0 radical (unpaired) electrons. The average Bonchev–Trinajstić information content (AvgIpc) is 3.16. The number of nitrogens with zero attached hydrogens (tertiary/aromatic N) is 4. The molecule has 0 aliphatic carbocycles. The van der Waals surface area contributed by atoms with Crippen molar-refractivity contribution >= 4 is 58.1 Å². The molecule has 2 aromatic rings. The van der Waals surface area contributed by atoms with Crippen LogP contribution in [-0.2, 0) is 19.2 Å². The third-order valence-corrected chi connectivity index (χ3v) is 5.16. The normalized spacial score (nSPS) is 13.8. The summed E-state index contributed by atoms with van der Waals surface area (Å²) in [5.41, 5.74) is 8.54. The highest BCUT2D eigenvalue weighted by Gasteiger charge is 2.22. The van der Waals surface area contributed by atoms with E-state index in [2.05, 4.69) is 35.3 Å². The molecule has 3 rings (SSSR count). The maximum Gasteiger partial charge on any atom is 0.328 e. The van der Waals surface area contributed by atoms with Crippen molar-refractivity contribution in [2.75, 3.05) is 43.9 Å². The van der Waals surface area contributed by atoms with Gasteiger partial charge in [0.2, 0.25) is 5.95 Å². The van der Waals surface area contributed by atoms with Crippen molar-refractivity contribution in [2.24, 2.45) is 0 Å². The first kappa shape index (κ1) is 30.9. The monoisotopic (exact) mass is 539 g/mol. The lowest BCUT2D eigenvalue weighted by Crippen LogP contribution is -2.45. The number of piperazine rings is 1. The van der Waals surface area contributed by atoms with Crippen LogP contribution in [0, 0.1) is 0 Å². The van der Waals surface area contributed by atoms with E-state index in [1.54, 1.807) is 0 Å². The number of nitrogens with two attached hydrogens (primary N) is 1. The highest BCUT2D eigenvalue weighted by Crippen LogP contribution is 2.32.